The molecule has 0 fully saturated rings. The number of aromatic carboxylic acids is 1. The van der Waals surface area contributed by atoms with Crippen molar-refractivity contribution < 1.29 is 19.4 Å². The topological polar surface area (TPSA) is 68.1 Å². The molecule has 0 atom stereocenters. The van der Waals surface area contributed by atoms with Crippen LogP contribution >= 0.6 is 15.9 Å². The van der Waals surface area contributed by atoms with Crippen molar-refractivity contribution in [2.45, 2.75) is 0 Å². The number of ether oxygens (including phenoxy) is 2. The van der Waals surface area contributed by atoms with E-state index in [4.69, 9.17) is 14.6 Å². The van der Waals surface area contributed by atoms with Crippen LogP contribution in [0.1, 0.15) is 15.9 Å². The maximum Gasteiger partial charge on any atom is 0.335 e. The molecule has 3 rings (SSSR count). The van der Waals surface area contributed by atoms with Crippen LogP contribution in [0.25, 0.3) is 0 Å². The van der Waals surface area contributed by atoms with Crippen LogP contribution in [-0.4, -0.2) is 24.1 Å². The van der Waals surface area contributed by atoms with Gasteiger partial charge >= 0.3 is 5.97 Å². The van der Waals surface area contributed by atoms with Crippen LogP contribution < -0.4 is 9.47 Å². The van der Waals surface area contributed by atoms with Crippen LogP contribution in [0.3, 0.4) is 0 Å². The van der Waals surface area contributed by atoms with Gasteiger partial charge in [-0.05, 0) is 52.3 Å². The Kier molecular flexibility index (Phi) is 3.62. The van der Waals surface area contributed by atoms with Crippen LogP contribution in [0.15, 0.2) is 45.9 Å². The van der Waals surface area contributed by atoms with E-state index in [1.807, 2.05) is 12.1 Å². The lowest BCUT2D eigenvalue weighted by molar-refractivity contribution is 0.0697. The van der Waals surface area contributed by atoms with Crippen molar-refractivity contribution in [2.75, 3.05) is 6.79 Å². The third-order valence-corrected chi connectivity index (χ3v) is 3.79. The largest absolute Gasteiger partial charge is 0.478 e. The minimum atomic E-state index is -0.955. The van der Waals surface area contributed by atoms with Crippen LogP contribution in [0.5, 0.6) is 11.5 Å². The van der Waals surface area contributed by atoms with E-state index in [1.165, 1.54) is 12.1 Å². The summed E-state index contributed by atoms with van der Waals surface area (Å²) >= 11 is 3.46. The van der Waals surface area contributed by atoms with Crippen LogP contribution in [0, 0.1) is 0 Å². The van der Waals surface area contributed by atoms with Crippen LogP contribution in [0.2, 0.25) is 0 Å². The zero-order valence-electron chi connectivity index (χ0n) is 10.7. The van der Waals surface area contributed by atoms with Crippen LogP contribution in [-0.2, 0) is 0 Å². The summed E-state index contributed by atoms with van der Waals surface area (Å²) in [6.07, 6.45) is 1.68. The normalized spacial score (nSPS) is 12.8. The highest BCUT2D eigenvalue weighted by Crippen LogP contribution is 2.40. The first kappa shape index (κ1) is 13.6. The van der Waals surface area contributed by atoms with Gasteiger partial charge in [0.25, 0.3) is 0 Å². The molecule has 2 aromatic rings. The van der Waals surface area contributed by atoms with Gasteiger partial charge in [-0.15, -0.1) is 0 Å². The summed E-state index contributed by atoms with van der Waals surface area (Å²) in [5.41, 5.74) is 1.75. The molecular weight excluding hydrogens is 338 g/mol. The number of halogens is 1. The van der Waals surface area contributed by atoms with Gasteiger partial charge in [-0.3, -0.25) is 4.99 Å². The Hall–Kier alpha value is -2.34. The molecule has 1 aliphatic rings. The predicted molar refractivity (Wildman–Crippen MR) is 80.9 cm³/mol. The van der Waals surface area contributed by atoms with E-state index in [-0.39, 0.29) is 12.4 Å². The summed E-state index contributed by atoms with van der Waals surface area (Å²) in [6, 6.07) is 10.0. The zero-order chi connectivity index (χ0) is 14.8. The molecule has 1 heterocycles. The number of benzene rings is 2. The minimum absolute atomic E-state index is 0.213. The quantitative estimate of drug-likeness (QED) is 0.861. The van der Waals surface area contributed by atoms with Gasteiger partial charge in [-0.25, -0.2) is 4.79 Å². The third-order valence-electron chi connectivity index (χ3n) is 2.98. The second-order valence-electron chi connectivity index (χ2n) is 4.31. The third kappa shape index (κ3) is 2.75. The first-order valence-electron chi connectivity index (χ1n) is 6.10. The van der Waals surface area contributed by atoms with E-state index in [9.17, 15) is 4.79 Å². The van der Waals surface area contributed by atoms with Gasteiger partial charge in [0.1, 0.15) is 0 Å². The highest BCUT2D eigenvalue weighted by Gasteiger charge is 2.18. The maximum absolute atomic E-state index is 10.8. The van der Waals surface area contributed by atoms with E-state index in [0.717, 1.165) is 10.0 Å². The Morgan fingerprint density at radius 3 is 2.67 bits per heavy atom. The van der Waals surface area contributed by atoms with Gasteiger partial charge in [0, 0.05) is 11.8 Å². The second-order valence-corrected chi connectivity index (χ2v) is 5.11. The number of carbonyl (C=O) groups is 1. The first-order valence-corrected chi connectivity index (χ1v) is 6.90. The van der Waals surface area contributed by atoms with Gasteiger partial charge in [0.2, 0.25) is 6.79 Å². The number of aliphatic imine (C=N–C) groups is 1. The molecule has 1 aliphatic heterocycles. The molecule has 0 bridgehead atoms. The molecule has 0 amide bonds. The highest BCUT2D eigenvalue weighted by molar-refractivity contribution is 9.10. The van der Waals surface area contributed by atoms with E-state index in [0.29, 0.717) is 17.2 Å². The van der Waals surface area contributed by atoms with Crippen molar-refractivity contribution >= 4 is 33.8 Å². The summed E-state index contributed by atoms with van der Waals surface area (Å²) in [5, 5.41) is 8.84. The number of hydrogen-bond donors (Lipinski definition) is 1. The summed E-state index contributed by atoms with van der Waals surface area (Å²) in [7, 11) is 0. The van der Waals surface area contributed by atoms with Crippen molar-refractivity contribution in [1.82, 2.24) is 0 Å². The van der Waals surface area contributed by atoms with Gasteiger partial charge in [0.15, 0.2) is 11.5 Å². The molecule has 0 aromatic heterocycles. The van der Waals surface area contributed by atoms with Crippen molar-refractivity contribution in [3.8, 4) is 11.5 Å². The number of carboxylic acids is 1. The average molecular weight is 348 g/mol. The Labute approximate surface area is 129 Å². The Balaban J connectivity index is 1.85. The summed E-state index contributed by atoms with van der Waals surface area (Å²) in [4.78, 5) is 15.1. The molecule has 5 nitrogen and oxygen atoms in total. The fraction of sp³-hybridized carbons (Fsp3) is 0.0667. The van der Waals surface area contributed by atoms with Crippen LogP contribution in [0.4, 0.5) is 5.69 Å². The van der Waals surface area contributed by atoms with Gasteiger partial charge < -0.3 is 14.6 Å². The summed E-state index contributed by atoms with van der Waals surface area (Å²) in [6.45, 7) is 0.213. The van der Waals surface area contributed by atoms with E-state index >= 15 is 0 Å². The Morgan fingerprint density at radius 1 is 1.19 bits per heavy atom. The van der Waals surface area contributed by atoms with Crippen molar-refractivity contribution in [3.05, 3.63) is 52.0 Å². The van der Waals surface area contributed by atoms with Crippen molar-refractivity contribution in [3.63, 3.8) is 0 Å². The number of fused-ring (bicyclic) bond motifs is 1. The fourth-order valence-corrected chi connectivity index (χ4v) is 2.43. The van der Waals surface area contributed by atoms with Gasteiger partial charge in [-0.1, -0.05) is 0 Å². The molecule has 1 N–H and O–H groups in total. The van der Waals surface area contributed by atoms with E-state index in [1.54, 1.807) is 18.3 Å². The summed E-state index contributed by atoms with van der Waals surface area (Å²) in [5.74, 6) is 0.411. The molecule has 21 heavy (non-hydrogen) atoms. The lowest BCUT2D eigenvalue weighted by atomic mass is 10.2. The van der Waals surface area contributed by atoms with Gasteiger partial charge in [0.05, 0.1) is 15.7 Å². The lowest BCUT2D eigenvalue weighted by Gasteiger charge is -2.02. The summed E-state index contributed by atoms with van der Waals surface area (Å²) < 4.78 is 11.4. The van der Waals surface area contributed by atoms with E-state index in [2.05, 4.69) is 20.9 Å². The smallest absolute Gasteiger partial charge is 0.335 e. The Bertz CT molecular complexity index is 725. The van der Waals surface area contributed by atoms with Crippen molar-refractivity contribution in [2.24, 2.45) is 4.99 Å². The predicted octanol–water partition coefficient (Wildman–Crippen LogP) is 3.63. The Morgan fingerprint density at radius 2 is 1.95 bits per heavy atom. The lowest BCUT2D eigenvalue weighted by Crippen LogP contribution is -1.94. The number of nitrogens with zero attached hydrogens (tertiary/aromatic N) is 1. The fourth-order valence-electron chi connectivity index (χ4n) is 1.89. The molecule has 0 unspecified atom stereocenters. The second kappa shape index (κ2) is 5.57. The van der Waals surface area contributed by atoms with Gasteiger partial charge in [-0.2, -0.15) is 0 Å². The molecule has 0 aliphatic carbocycles. The monoisotopic (exact) mass is 347 g/mol. The molecule has 0 saturated heterocycles. The molecule has 0 radical (unpaired) electrons. The molecule has 2 aromatic carbocycles. The molecular formula is C15H10BrNO4. The SMILES string of the molecule is O=C(O)c1ccc(N=Cc2ccc3c(c2Br)OCO3)cc1. The minimum Gasteiger partial charge on any atom is -0.478 e. The molecule has 0 spiro atoms. The average Bonchev–Trinajstić information content (AvgIpc) is 2.96. The molecule has 106 valence electrons. The first-order chi connectivity index (χ1) is 10.1. The number of rotatable bonds is 3. The maximum atomic E-state index is 10.8. The van der Waals surface area contributed by atoms with E-state index < -0.39 is 5.97 Å². The number of carboxylic acid groups (broad SMARTS) is 1. The standard InChI is InChI=1S/C15H10BrNO4/c16-13-10(3-6-12-14(13)21-8-20-12)7-17-11-4-1-9(2-5-11)15(18)19/h1-7H,8H2,(H,18,19). The zero-order valence-corrected chi connectivity index (χ0v) is 12.3. The number of hydrogen-bond acceptors (Lipinski definition) is 4. The van der Waals surface area contributed by atoms with Crippen molar-refractivity contribution in [1.29, 1.82) is 0 Å². The highest BCUT2D eigenvalue weighted by atomic mass is 79.9. The molecule has 0 saturated carbocycles. The molecule has 6 heteroatoms.